The predicted octanol–water partition coefficient (Wildman–Crippen LogP) is 6.76. The van der Waals surface area contributed by atoms with Gasteiger partial charge in [-0.1, -0.05) is 30.7 Å². The summed E-state index contributed by atoms with van der Waals surface area (Å²) in [5.41, 5.74) is 7.18. The van der Waals surface area contributed by atoms with E-state index < -0.39 is 5.41 Å². The minimum Gasteiger partial charge on any atom is -0.371 e. The van der Waals surface area contributed by atoms with Gasteiger partial charge in [0.2, 0.25) is 29.5 Å². The molecule has 1 unspecified atom stereocenters. The van der Waals surface area contributed by atoms with E-state index in [2.05, 4.69) is 68.0 Å². The molecule has 2 aliphatic carbocycles. The van der Waals surface area contributed by atoms with E-state index in [0.29, 0.717) is 70.4 Å². The maximum absolute atomic E-state index is 15.2. The summed E-state index contributed by atoms with van der Waals surface area (Å²) in [6.45, 7) is 10.2. The van der Waals surface area contributed by atoms with Gasteiger partial charge in [-0.3, -0.25) is 29.3 Å². The Bertz CT molecular complexity index is 2700. The van der Waals surface area contributed by atoms with E-state index in [-0.39, 0.29) is 59.4 Å². The van der Waals surface area contributed by atoms with Crippen LogP contribution in [0.1, 0.15) is 127 Å². The number of fused-ring (bicyclic) bond motifs is 3. The Kier molecular flexibility index (Phi) is 11.7. The molecule has 0 radical (unpaired) electrons. The molecule has 8 aliphatic rings. The lowest BCUT2D eigenvalue weighted by Crippen LogP contribution is -2.58. The number of carbonyl (C=O) groups excluding carboxylic acids is 5. The van der Waals surface area contributed by atoms with Crippen LogP contribution in [0.2, 0.25) is 0 Å². The number of imidazole rings is 1. The topological polar surface area (TPSA) is 156 Å². The van der Waals surface area contributed by atoms with Gasteiger partial charge in [0.05, 0.1) is 34.8 Å². The van der Waals surface area contributed by atoms with Crippen molar-refractivity contribution in [3.63, 3.8) is 0 Å². The lowest BCUT2D eigenvalue weighted by molar-refractivity contribution is -0.140. The highest BCUT2D eigenvalue weighted by molar-refractivity contribution is 6.09. The Balaban J connectivity index is 0.712. The number of carbonyl (C=O) groups is 5. The van der Waals surface area contributed by atoms with Gasteiger partial charge >= 0.3 is 0 Å². The molecule has 2 saturated carbocycles. The van der Waals surface area contributed by atoms with Crippen LogP contribution in [0.4, 0.5) is 17.2 Å². The van der Waals surface area contributed by atoms with Crippen molar-refractivity contribution in [1.82, 2.24) is 34.6 Å². The van der Waals surface area contributed by atoms with Crippen molar-refractivity contribution in [2.24, 2.45) is 11.8 Å². The summed E-state index contributed by atoms with van der Waals surface area (Å²) in [5, 5.41) is 6.16. The maximum atomic E-state index is 15.2. The van der Waals surface area contributed by atoms with Gasteiger partial charge in [0, 0.05) is 92.7 Å². The highest BCUT2D eigenvalue weighted by Gasteiger charge is 2.56. The molecule has 8 heterocycles. The number of hydrogen-bond donors (Lipinski definition) is 2. The molecule has 7 fully saturated rings. The Hall–Kier alpha value is -5.83. The van der Waals surface area contributed by atoms with Crippen LogP contribution in [-0.2, 0) is 29.4 Å². The molecule has 15 heteroatoms. The highest BCUT2D eigenvalue weighted by atomic mass is 16.2. The van der Waals surface area contributed by atoms with Crippen molar-refractivity contribution in [2.75, 3.05) is 67.5 Å². The van der Waals surface area contributed by atoms with Gasteiger partial charge in [-0.15, -0.1) is 0 Å². The summed E-state index contributed by atoms with van der Waals surface area (Å²) in [4.78, 5) is 88.6. The largest absolute Gasteiger partial charge is 0.371 e. The first kappa shape index (κ1) is 45.3. The van der Waals surface area contributed by atoms with Crippen LogP contribution >= 0.6 is 0 Å². The van der Waals surface area contributed by atoms with Crippen molar-refractivity contribution >= 4 is 57.8 Å². The zero-order valence-corrected chi connectivity index (χ0v) is 40.9. The number of nitrogens with zero attached hydrogens (tertiary/aromatic N) is 8. The minimum absolute atomic E-state index is 0.0749. The summed E-state index contributed by atoms with van der Waals surface area (Å²) >= 11 is 0. The molecule has 368 valence electrons. The number of piperidine rings is 4. The first-order chi connectivity index (χ1) is 34.0. The smallest absolute Gasteiger partial charge is 0.238 e. The van der Waals surface area contributed by atoms with E-state index in [9.17, 15) is 19.2 Å². The van der Waals surface area contributed by atoms with Gasteiger partial charge in [0.25, 0.3) is 0 Å². The van der Waals surface area contributed by atoms with E-state index >= 15 is 4.79 Å². The molecule has 70 heavy (non-hydrogen) atoms. The van der Waals surface area contributed by atoms with E-state index in [4.69, 9.17) is 9.97 Å². The van der Waals surface area contributed by atoms with Gasteiger partial charge in [-0.25, -0.2) is 9.97 Å². The molecule has 15 nitrogen and oxygen atoms in total. The van der Waals surface area contributed by atoms with Crippen LogP contribution in [0.25, 0.3) is 22.3 Å². The Labute approximate surface area is 410 Å². The number of nitrogens with one attached hydrogen (secondary N) is 2. The third-order valence-electron chi connectivity index (χ3n) is 17.6. The van der Waals surface area contributed by atoms with Crippen LogP contribution in [0, 0.1) is 11.8 Å². The number of imide groups is 1. The van der Waals surface area contributed by atoms with Crippen molar-refractivity contribution in [2.45, 2.75) is 139 Å². The van der Waals surface area contributed by atoms with Gasteiger partial charge in [0.15, 0.2) is 5.82 Å². The quantitative estimate of drug-likeness (QED) is 0.163. The second-order valence-electron chi connectivity index (χ2n) is 22.2. The highest BCUT2D eigenvalue weighted by Crippen LogP contribution is 2.52. The number of amides is 5. The zero-order valence-electron chi connectivity index (χ0n) is 40.9. The number of pyridine rings is 1. The van der Waals surface area contributed by atoms with Crippen molar-refractivity contribution in [3.05, 3.63) is 66.0 Å². The van der Waals surface area contributed by atoms with E-state index in [1.165, 1.54) is 19.3 Å². The molecule has 1 spiro atoms. The Morgan fingerprint density at radius 3 is 2.21 bits per heavy atom. The van der Waals surface area contributed by atoms with Gasteiger partial charge < -0.3 is 34.4 Å². The molecule has 2 aromatic heterocycles. The third-order valence-corrected chi connectivity index (χ3v) is 17.6. The molecule has 6 aliphatic heterocycles. The molecule has 4 aromatic rings. The van der Waals surface area contributed by atoms with Crippen molar-refractivity contribution < 1.29 is 24.0 Å². The fourth-order valence-corrected chi connectivity index (χ4v) is 13.2. The zero-order chi connectivity index (χ0) is 47.8. The lowest BCUT2D eigenvalue weighted by Gasteiger charge is -2.48. The second-order valence-corrected chi connectivity index (χ2v) is 22.2. The lowest BCUT2D eigenvalue weighted by atomic mass is 9.73. The van der Waals surface area contributed by atoms with Gasteiger partial charge in [-0.05, 0) is 139 Å². The van der Waals surface area contributed by atoms with Crippen LogP contribution in [-0.4, -0.2) is 129 Å². The van der Waals surface area contributed by atoms with E-state index in [1.807, 2.05) is 40.4 Å². The second kappa shape index (κ2) is 18.1. The van der Waals surface area contributed by atoms with Gasteiger partial charge in [0.1, 0.15) is 5.52 Å². The Morgan fingerprint density at radius 1 is 0.771 bits per heavy atom. The molecule has 0 bridgehead atoms. The minimum atomic E-state index is -0.685. The van der Waals surface area contributed by atoms with Crippen molar-refractivity contribution in [3.8, 4) is 11.3 Å². The molecule has 2 aromatic carbocycles. The SMILES string of the molecule is CC(C)n1cnc2cc(-c3ccc4c(c3)N(C3CC(N5CCCCC5)C3)C(=O)C43CCN(C(=O)[C@H]4CCN(C(=O)C5CCN(c6ccc(C7CCC(=O)NC7=O)cc6)CC5)C4)CC3)nc(NC3CC3)c21. The summed E-state index contributed by atoms with van der Waals surface area (Å²) in [7, 11) is 0. The van der Waals surface area contributed by atoms with E-state index in [0.717, 1.165) is 115 Å². The first-order valence-electron chi connectivity index (χ1n) is 26.6. The Morgan fingerprint density at radius 2 is 1.50 bits per heavy atom. The van der Waals surface area contributed by atoms with Gasteiger partial charge in [-0.2, -0.15) is 0 Å². The first-order valence-corrected chi connectivity index (χ1v) is 26.6. The summed E-state index contributed by atoms with van der Waals surface area (Å²) in [5.74, 6) is 0.272. The van der Waals surface area contributed by atoms with Crippen LogP contribution in [0.5, 0.6) is 0 Å². The fourth-order valence-electron chi connectivity index (χ4n) is 13.2. The van der Waals surface area contributed by atoms with Crippen LogP contribution in [0.15, 0.2) is 54.9 Å². The molecular weight excluding hydrogens is 881 g/mol. The number of anilines is 3. The third kappa shape index (κ3) is 8.13. The summed E-state index contributed by atoms with van der Waals surface area (Å²) < 4.78 is 2.20. The van der Waals surface area contributed by atoms with Crippen molar-refractivity contribution in [1.29, 1.82) is 0 Å². The molecule has 2 N–H and O–H groups in total. The molecule has 5 amide bonds. The monoisotopic (exact) mass is 949 g/mol. The number of benzene rings is 2. The van der Waals surface area contributed by atoms with Crippen LogP contribution < -0.4 is 20.4 Å². The number of rotatable bonds is 10. The standard InChI is InChI=1S/C55H68N10O5/c1-34(2)64-33-56-46-31-45(58-50(49(46)64)57-39-9-10-39)37-8-14-44-47(28-37)65(42-29-41(30-42)60-21-4-3-5-22-60)54(70)55(44)19-26-62(27-20-55)53(69)38-18-25-63(32-38)52(68)36-16-23-61(24-17-36)40-11-6-35(7-12-40)43-13-15-48(66)59-51(43)67/h6-8,11-12,14,28,31,33-34,36,38-39,41-43H,3-5,9-10,13,15-27,29-30,32H2,1-2H3,(H,57,58)(H,59,66,67)/t38-,41?,42?,43?/m0/s1. The number of aromatic nitrogens is 3. The number of likely N-dealkylation sites (tertiary alicyclic amines) is 3. The molecular formula is C55H68N10O5. The number of hydrogen-bond acceptors (Lipinski definition) is 10. The predicted molar refractivity (Wildman–Crippen MR) is 268 cm³/mol. The molecule has 2 atom stereocenters. The van der Waals surface area contributed by atoms with Crippen LogP contribution in [0.3, 0.4) is 0 Å². The average Bonchev–Trinajstić information content (AvgIpc) is 3.75. The summed E-state index contributed by atoms with van der Waals surface area (Å²) in [6, 6.07) is 18.0. The average molecular weight is 949 g/mol. The fraction of sp³-hybridized carbons (Fsp3) is 0.582. The normalized spacial score (nSPS) is 26.3. The molecule has 5 saturated heterocycles. The van der Waals surface area contributed by atoms with E-state index in [1.54, 1.807) is 0 Å². The maximum Gasteiger partial charge on any atom is 0.238 e. The summed E-state index contributed by atoms with van der Waals surface area (Å²) in [6.07, 6.45) is 14.2. The molecule has 12 rings (SSSR count).